The van der Waals surface area contributed by atoms with Crippen molar-refractivity contribution < 1.29 is 0 Å². The first kappa shape index (κ1) is 11.4. The number of rotatable bonds is 0. The van der Waals surface area contributed by atoms with Crippen LogP contribution in [0.1, 0.15) is 48.0 Å². The summed E-state index contributed by atoms with van der Waals surface area (Å²) in [7, 11) is 0. The number of hydrogen-bond donors (Lipinski definition) is 0. The summed E-state index contributed by atoms with van der Waals surface area (Å²) >= 11 is 0. The van der Waals surface area contributed by atoms with E-state index in [0.29, 0.717) is 11.1 Å². The minimum Gasteiger partial charge on any atom is -0.293 e. The SMILES string of the molecule is CC(C)(C)N1C[C@H]2C[C@@H]1CN2C(C)(C)C. The summed E-state index contributed by atoms with van der Waals surface area (Å²) in [5.74, 6) is 0. The topological polar surface area (TPSA) is 6.48 Å². The summed E-state index contributed by atoms with van der Waals surface area (Å²) in [5, 5.41) is 0. The molecule has 2 heteroatoms. The molecule has 0 amide bonds. The molecule has 2 nitrogen and oxygen atoms in total. The molecule has 2 rings (SSSR count). The highest BCUT2D eigenvalue weighted by molar-refractivity contribution is 5.05. The molecule has 2 atom stereocenters. The highest BCUT2D eigenvalue weighted by atomic mass is 15.4. The lowest BCUT2D eigenvalue weighted by Crippen LogP contribution is -2.57. The van der Waals surface area contributed by atoms with Gasteiger partial charge in [0.1, 0.15) is 0 Å². The first-order valence-corrected chi connectivity index (χ1v) is 6.23. The van der Waals surface area contributed by atoms with E-state index in [1.54, 1.807) is 0 Å². The van der Waals surface area contributed by atoms with Crippen molar-refractivity contribution in [1.29, 1.82) is 0 Å². The molecular formula is C13H26N2. The zero-order chi connectivity index (χ0) is 11.4. The van der Waals surface area contributed by atoms with Gasteiger partial charge < -0.3 is 0 Å². The van der Waals surface area contributed by atoms with Gasteiger partial charge in [-0.1, -0.05) is 0 Å². The van der Waals surface area contributed by atoms with E-state index >= 15 is 0 Å². The van der Waals surface area contributed by atoms with Crippen LogP contribution in [0.25, 0.3) is 0 Å². The minimum absolute atomic E-state index is 0.351. The van der Waals surface area contributed by atoms with E-state index in [-0.39, 0.29) is 0 Å². The monoisotopic (exact) mass is 210 g/mol. The zero-order valence-electron chi connectivity index (χ0n) is 11.2. The van der Waals surface area contributed by atoms with E-state index in [1.165, 1.54) is 19.5 Å². The Bertz CT molecular complexity index is 220. The van der Waals surface area contributed by atoms with Crippen LogP contribution < -0.4 is 0 Å². The van der Waals surface area contributed by atoms with E-state index in [1.807, 2.05) is 0 Å². The molecule has 0 saturated carbocycles. The van der Waals surface area contributed by atoms with Crippen LogP contribution in [0, 0.1) is 0 Å². The van der Waals surface area contributed by atoms with Crippen LogP contribution in [0.4, 0.5) is 0 Å². The van der Waals surface area contributed by atoms with Crippen LogP contribution in [0.3, 0.4) is 0 Å². The third-order valence-electron chi connectivity index (χ3n) is 3.96. The van der Waals surface area contributed by atoms with Crippen molar-refractivity contribution in [1.82, 2.24) is 9.80 Å². The molecule has 15 heavy (non-hydrogen) atoms. The van der Waals surface area contributed by atoms with Gasteiger partial charge in [-0.25, -0.2) is 0 Å². The number of likely N-dealkylation sites (tertiary alicyclic amines) is 2. The summed E-state index contributed by atoms with van der Waals surface area (Å²) in [6.45, 7) is 16.6. The molecule has 0 N–H and O–H groups in total. The summed E-state index contributed by atoms with van der Waals surface area (Å²) in [4.78, 5) is 5.39. The van der Waals surface area contributed by atoms with Gasteiger partial charge in [0.15, 0.2) is 0 Å². The molecule has 0 aromatic carbocycles. The van der Waals surface area contributed by atoms with E-state index in [9.17, 15) is 0 Å². The maximum Gasteiger partial charge on any atom is 0.0244 e. The Morgan fingerprint density at radius 1 is 0.733 bits per heavy atom. The number of fused-ring (bicyclic) bond motifs is 2. The van der Waals surface area contributed by atoms with Crippen molar-refractivity contribution in [3.05, 3.63) is 0 Å². The van der Waals surface area contributed by atoms with Crippen LogP contribution >= 0.6 is 0 Å². The summed E-state index contributed by atoms with van der Waals surface area (Å²) in [6, 6.07) is 1.60. The molecule has 0 aliphatic carbocycles. The second-order valence-electron chi connectivity index (χ2n) is 7.19. The van der Waals surface area contributed by atoms with E-state index in [4.69, 9.17) is 0 Å². The molecule has 2 saturated heterocycles. The predicted octanol–water partition coefficient (Wildman–Crippen LogP) is 2.34. The van der Waals surface area contributed by atoms with Crippen LogP contribution in [0.15, 0.2) is 0 Å². The maximum atomic E-state index is 2.69. The predicted molar refractivity (Wildman–Crippen MR) is 65.1 cm³/mol. The van der Waals surface area contributed by atoms with Crippen LogP contribution in [-0.2, 0) is 0 Å². The fourth-order valence-electron chi connectivity index (χ4n) is 3.31. The molecule has 0 aromatic rings. The summed E-state index contributed by atoms with van der Waals surface area (Å²) < 4.78 is 0. The Morgan fingerprint density at radius 3 is 1.27 bits per heavy atom. The fraction of sp³-hybridized carbons (Fsp3) is 1.00. The molecule has 2 aliphatic rings. The van der Waals surface area contributed by atoms with Crippen molar-refractivity contribution in [2.75, 3.05) is 13.1 Å². The highest BCUT2D eigenvalue weighted by Crippen LogP contribution is 2.38. The molecule has 0 unspecified atom stereocenters. The average molecular weight is 210 g/mol. The van der Waals surface area contributed by atoms with Crippen molar-refractivity contribution in [2.24, 2.45) is 0 Å². The van der Waals surface area contributed by atoms with Gasteiger partial charge in [0.2, 0.25) is 0 Å². The van der Waals surface area contributed by atoms with Crippen LogP contribution in [-0.4, -0.2) is 46.1 Å². The zero-order valence-corrected chi connectivity index (χ0v) is 11.2. The van der Waals surface area contributed by atoms with Gasteiger partial charge in [0.05, 0.1) is 0 Å². The quantitative estimate of drug-likeness (QED) is 0.605. The minimum atomic E-state index is 0.351. The van der Waals surface area contributed by atoms with E-state index < -0.39 is 0 Å². The largest absolute Gasteiger partial charge is 0.293 e. The molecular weight excluding hydrogens is 184 g/mol. The van der Waals surface area contributed by atoms with E-state index in [2.05, 4.69) is 51.3 Å². The Kier molecular flexibility index (Phi) is 2.44. The molecule has 2 fully saturated rings. The third kappa shape index (κ3) is 1.94. The number of piperazine rings is 1. The molecule has 88 valence electrons. The van der Waals surface area contributed by atoms with Crippen LogP contribution in [0.2, 0.25) is 0 Å². The standard InChI is InChI=1S/C13H26N2/c1-12(2,3)14-8-11-7-10(14)9-15(11)13(4,5)6/h10-11H,7-9H2,1-6H3/t10-,11-/m1/s1. The highest BCUT2D eigenvalue weighted by Gasteiger charge is 2.49. The molecule has 2 heterocycles. The van der Waals surface area contributed by atoms with Crippen molar-refractivity contribution >= 4 is 0 Å². The molecule has 2 bridgehead atoms. The third-order valence-corrected chi connectivity index (χ3v) is 3.96. The second-order valence-corrected chi connectivity index (χ2v) is 7.19. The lowest BCUT2D eigenvalue weighted by atomic mass is 10.0. The summed E-state index contributed by atoms with van der Waals surface area (Å²) in [6.07, 6.45) is 1.38. The van der Waals surface area contributed by atoms with Crippen LogP contribution in [0.5, 0.6) is 0 Å². The Balaban J connectivity index is 2.07. The van der Waals surface area contributed by atoms with Crippen molar-refractivity contribution in [3.8, 4) is 0 Å². The van der Waals surface area contributed by atoms with Gasteiger partial charge in [0, 0.05) is 36.3 Å². The first-order valence-electron chi connectivity index (χ1n) is 6.23. The second kappa shape index (κ2) is 3.21. The fourth-order valence-corrected chi connectivity index (χ4v) is 3.31. The Hall–Kier alpha value is -0.0800. The van der Waals surface area contributed by atoms with Gasteiger partial charge in [-0.3, -0.25) is 9.80 Å². The molecule has 0 aromatic heterocycles. The molecule has 0 radical (unpaired) electrons. The Labute approximate surface area is 94.6 Å². The Morgan fingerprint density at radius 2 is 1.07 bits per heavy atom. The van der Waals surface area contributed by atoms with Gasteiger partial charge in [0.25, 0.3) is 0 Å². The van der Waals surface area contributed by atoms with Gasteiger partial charge in [-0.15, -0.1) is 0 Å². The number of hydrogen-bond acceptors (Lipinski definition) is 2. The molecule has 0 spiro atoms. The van der Waals surface area contributed by atoms with E-state index in [0.717, 1.165) is 12.1 Å². The maximum absolute atomic E-state index is 2.69. The summed E-state index contributed by atoms with van der Waals surface area (Å²) in [5.41, 5.74) is 0.701. The molecule has 2 aliphatic heterocycles. The normalized spacial score (nSPS) is 34.0. The van der Waals surface area contributed by atoms with Gasteiger partial charge >= 0.3 is 0 Å². The van der Waals surface area contributed by atoms with Crippen molar-refractivity contribution in [3.63, 3.8) is 0 Å². The lowest BCUT2D eigenvalue weighted by Gasteiger charge is -2.46. The van der Waals surface area contributed by atoms with Crippen molar-refractivity contribution in [2.45, 2.75) is 71.1 Å². The lowest BCUT2D eigenvalue weighted by molar-refractivity contribution is 0.0179. The average Bonchev–Trinajstić information content (AvgIpc) is 2.57. The van der Waals surface area contributed by atoms with Gasteiger partial charge in [-0.05, 0) is 48.0 Å². The van der Waals surface area contributed by atoms with Gasteiger partial charge in [-0.2, -0.15) is 0 Å². The smallest absolute Gasteiger partial charge is 0.0244 e. The number of nitrogens with zero attached hydrogens (tertiary/aromatic N) is 2. The first-order chi connectivity index (χ1) is 6.69.